The number of ether oxygens (including phenoxy) is 2. The van der Waals surface area contributed by atoms with Crippen molar-refractivity contribution in [1.29, 1.82) is 0 Å². The van der Waals surface area contributed by atoms with E-state index in [0.717, 1.165) is 11.8 Å². The summed E-state index contributed by atoms with van der Waals surface area (Å²) in [6, 6.07) is 5.24. The Kier molecular flexibility index (Phi) is 4.56. The zero-order valence-electron chi connectivity index (χ0n) is 11.3. The Bertz CT molecular complexity index is 614. The van der Waals surface area contributed by atoms with Crippen molar-refractivity contribution in [3.8, 4) is 11.5 Å². The molecule has 114 valence electrons. The molecule has 0 bridgehead atoms. The zero-order chi connectivity index (χ0) is 15.5. The molecule has 0 atom stereocenters. The van der Waals surface area contributed by atoms with Gasteiger partial charge in [-0.25, -0.2) is 4.98 Å². The molecule has 0 amide bonds. The Labute approximate surface area is 123 Å². The molecule has 4 nitrogen and oxygen atoms in total. The van der Waals surface area contributed by atoms with Crippen molar-refractivity contribution in [2.75, 3.05) is 19.5 Å². The van der Waals surface area contributed by atoms with Crippen molar-refractivity contribution >= 4 is 16.5 Å². The molecule has 0 saturated heterocycles. The molecule has 1 aromatic carbocycles. The molecule has 8 heteroatoms. The van der Waals surface area contributed by atoms with Gasteiger partial charge in [0.2, 0.25) is 0 Å². The summed E-state index contributed by atoms with van der Waals surface area (Å²) in [5.41, 5.74) is 0.794. The van der Waals surface area contributed by atoms with Crippen LogP contribution in [0.3, 0.4) is 0 Å². The largest absolute Gasteiger partial charge is 0.497 e. The quantitative estimate of drug-likeness (QED) is 0.911. The molecular weight excluding hydrogens is 305 g/mol. The standard InChI is InChI=1S/C13H13F3N2O2S/c1-19-9-4-3-8(10(5-9)20-2)6-17-12-18-7-11(21-12)13(14,15)16/h3-5,7H,6H2,1-2H3,(H,17,18). The summed E-state index contributed by atoms with van der Waals surface area (Å²) in [6.45, 7) is 0.304. The molecule has 0 fully saturated rings. The number of thiazole rings is 1. The monoisotopic (exact) mass is 318 g/mol. The molecule has 1 N–H and O–H groups in total. The second-order valence-electron chi connectivity index (χ2n) is 4.06. The van der Waals surface area contributed by atoms with Crippen LogP contribution in [0.15, 0.2) is 24.4 Å². The van der Waals surface area contributed by atoms with E-state index < -0.39 is 11.1 Å². The number of halogens is 3. The highest BCUT2D eigenvalue weighted by molar-refractivity contribution is 7.15. The first-order chi connectivity index (χ1) is 9.94. The summed E-state index contributed by atoms with van der Waals surface area (Å²) in [5.74, 6) is 1.23. The predicted molar refractivity (Wildman–Crippen MR) is 74.0 cm³/mol. The maximum Gasteiger partial charge on any atom is 0.427 e. The van der Waals surface area contributed by atoms with Gasteiger partial charge in [0.1, 0.15) is 16.4 Å². The lowest BCUT2D eigenvalue weighted by atomic mass is 10.2. The molecular formula is C13H13F3N2O2S. The molecule has 21 heavy (non-hydrogen) atoms. The Morgan fingerprint density at radius 1 is 1.24 bits per heavy atom. The Balaban J connectivity index is 2.08. The van der Waals surface area contributed by atoms with Gasteiger partial charge in [0.15, 0.2) is 5.13 Å². The van der Waals surface area contributed by atoms with Gasteiger partial charge in [-0.2, -0.15) is 13.2 Å². The molecule has 1 aromatic heterocycles. The second kappa shape index (κ2) is 6.21. The van der Waals surface area contributed by atoms with Crippen LogP contribution in [0.5, 0.6) is 11.5 Å². The number of rotatable bonds is 5. The van der Waals surface area contributed by atoms with E-state index >= 15 is 0 Å². The van der Waals surface area contributed by atoms with Crippen LogP contribution in [0.25, 0.3) is 0 Å². The van der Waals surface area contributed by atoms with Crippen LogP contribution < -0.4 is 14.8 Å². The third kappa shape index (κ3) is 3.78. The SMILES string of the molecule is COc1ccc(CNc2ncc(C(F)(F)F)s2)c(OC)c1. The van der Waals surface area contributed by atoms with Gasteiger partial charge >= 0.3 is 6.18 Å². The molecule has 0 aliphatic heterocycles. The van der Waals surface area contributed by atoms with Crippen molar-refractivity contribution in [2.45, 2.75) is 12.7 Å². The number of aromatic nitrogens is 1. The lowest BCUT2D eigenvalue weighted by Gasteiger charge is -2.10. The van der Waals surface area contributed by atoms with Crippen LogP contribution in [0.2, 0.25) is 0 Å². The lowest BCUT2D eigenvalue weighted by Crippen LogP contribution is -2.02. The summed E-state index contributed by atoms with van der Waals surface area (Å²) < 4.78 is 47.7. The highest BCUT2D eigenvalue weighted by atomic mass is 32.1. The highest BCUT2D eigenvalue weighted by Gasteiger charge is 2.33. The Morgan fingerprint density at radius 2 is 2.00 bits per heavy atom. The predicted octanol–water partition coefficient (Wildman–Crippen LogP) is 3.79. The number of nitrogens with one attached hydrogen (secondary N) is 1. The van der Waals surface area contributed by atoms with Gasteiger partial charge in [0, 0.05) is 18.2 Å². The van der Waals surface area contributed by atoms with E-state index in [4.69, 9.17) is 9.47 Å². The fraction of sp³-hybridized carbons (Fsp3) is 0.308. The molecule has 0 aliphatic rings. The van der Waals surface area contributed by atoms with Gasteiger partial charge in [0.05, 0.1) is 20.4 Å². The molecule has 0 saturated carbocycles. The van der Waals surface area contributed by atoms with E-state index in [1.54, 1.807) is 25.3 Å². The number of hydrogen-bond donors (Lipinski definition) is 1. The average molecular weight is 318 g/mol. The Hall–Kier alpha value is -1.96. The van der Waals surface area contributed by atoms with Crippen LogP contribution in [0, 0.1) is 0 Å². The first-order valence-corrected chi connectivity index (χ1v) is 6.73. The molecule has 0 unspecified atom stereocenters. The van der Waals surface area contributed by atoms with Gasteiger partial charge in [0.25, 0.3) is 0 Å². The van der Waals surface area contributed by atoms with Crippen LogP contribution in [-0.4, -0.2) is 19.2 Å². The third-order valence-corrected chi connectivity index (χ3v) is 3.71. The second-order valence-corrected chi connectivity index (χ2v) is 5.09. The first kappa shape index (κ1) is 15.4. The van der Waals surface area contributed by atoms with E-state index in [1.165, 1.54) is 7.11 Å². The molecule has 2 rings (SSSR count). The Morgan fingerprint density at radius 3 is 2.57 bits per heavy atom. The maximum atomic E-state index is 12.5. The minimum atomic E-state index is -4.37. The summed E-state index contributed by atoms with van der Waals surface area (Å²) in [7, 11) is 3.06. The number of anilines is 1. The van der Waals surface area contributed by atoms with Gasteiger partial charge in [-0.3, -0.25) is 0 Å². The van der Waals surface area contributed by atoms with E-state index in [2.05, 4.69) is 10.3 Å². The maximum absolute atomic E-state index is 12.5. The van der Waals surface area contributed by atoms with E-state index in [9.17, 15) is 13.2 Å². The fourth-order valence-corrected chi connectivity index (χ4v) is 2.33. The summed E-state index contributed by atoms with van der Waals surface area (Å²) in [4.78, 5) is 2.98. The van der Waals surface area contributed by atoms with Crippen molar-refractivity contribution in [2.24, 2.45) is 0 Å². The number of hydrogen-bond acceptors (Lipinski definition) is 5. The van der Waals surface area contributed by atoms with Crippen LogP contribution >= 0.6 is 11.3 Å². The van der Waals surface area contributed by atoms with E-state index in [-0.39, 0.29) is 5.13 Å². The molecule has 0 radical (unpaired) electrons. The van der Waals surface area contributed by atoms with Crippen LogP contribution in [-0.2, 0) is 12.7 Å². The van der Waals surface area contributed by atoms with Crippen molar-refractivity contribution in [3.05, 3.63) is 34.8 Å². The van der Waals surface area contributed by atoms with Gasteiger partial charge < -0.3 is 14.8 Å². The number of nitrogens with zero attached hydrogens (tertiary/aromatic N) is 1. The summed E-state index contributed by atoms with van der Waals surface area (Å²) in [5, 5.41) is 3.06. The number of alkyl halides is 3. The minimum Gasteiger partial charge on any atom is -0.497 e. The van der Waals surface area contributed by atoms with Crippen molar-refractivity contribution in [3.63, 3.8) is 0 Å². The summed E-state index contributed by atoms with van der Waals surface area (Å²) in [6.07, 6.45) is -3.55. The molecule has 0 aliphatic carbocycles. The normalized spacial score (nSPS) is 11.3. The molecule has 1 heterocycles. The lowest BCUT2D eigenvalue weighted by molar-refractivity contribution is -0.134. The first-order valence-electron chi connectivity index (χ1n) is 5.92. The third-order valence-electron chi connectivity index (χ3n) is 2.71. The minimum absolute atomic E-state index is 0.209. The smallest absolute Gasteiger partial charge is 0.427 e. The number of methoxy groups -OCH3 is 2. The molecule has 2 aromatic rings. The van der Waals surface area contributed by atoms with Crippen molar-refractivity contribution in [1.82, 2.24) is 4.98 Å². The van der Waals surface area contributed by atoms with E-state index in [0.29, 0.717) is 29.4 Å². The highest BCUT2D eigenvalue weighted by Crippen LogP contribution is 2.35. The van der Waals surface area contributed by atoms with Gasteiger partial charge in [-0.15, -0.1) is 0 Å². The zero-order valence-corrected chi connectivity index (χ0v) is 12.1. The van der Waals surface area contributed by atoms with Gasteiger partial charge in [-0.05, 0) is 12.1 Å². The number of benzene rings is 1. The fourth-order valence-electron chi connectivity index (χ4n) is 1.66. The van der Waals surface area contributed by atoms with Crippen LogP contribution in [0.4, 0.5) is 18.3 Å². The summed E-state index contributed by atoms with van der Waals surface area (Å²) >= 11 is 0.567. The molecule has 0 spiro atoms. The van der Waals surface area contributed by atoms with Crippen molar-refractivity contribution < 1.29 is 22.6 Å². The van der Waals surface area contributed by atoms with E-state index in [1.807, 2.05) is 0 Å². The average Bonchev–Trinajstić information content (AvgIpc) is 2.94. The van der Waals surface area contributed by atoms with Gasteiger partial charge in [-0.1, -0.05) is 11.3 Å². The van der Waals surface area contributed by atoms with Crippen LogP contribution in [0.1, 0.15) is 10.4 Å². The topological polar surface area (TPSA) is 43.4 Å².